The summed E-state index contributed by atoms with van der Waals surface area (Å²) in [5, 5.41) is 0. The fourth-order valence-electron chi connectivity index (χ4n) is 2.99. The number of rotatable bonds is 5. The Bertz CT molecular complexity index is 635. The molecule has 3 nitrogen and oxygen atoms in total. The van der Waals surface area contributed by atoms with E-state index < -0.39 is 13.9 Å². The summed E-state index contributed by atoms with van der Waals surface area (Å²) in [7, 11) is -1.69. The van der Waals surface area contributed by atoms with Gasteiger partial charge in [-0.2, -0.15) is 0 Å². The first kappa shape index (κ1) is 17.1. The van der Waals surface area contributed by atoms with Gasteiger partial charge in [0, 0.05) is 6.07 Å². The van der Waals surface area contributed by atoms with Crippen molar-refractivity contribution in [1.29, 1.82) is 0 Å². The second-order valence-corrected chi connectivity index (χ2v) is 11.8. The summed E-state index contributed by atoms with van der Waals surface area (Å²) in [5.41, 5.74) is 2.93. The fraction of sp³-hybridized carbons (Fsp3) is 0.556. The predicted molar refractivity (Wildman–Crippen MR) is 93.4 cm³/mol. The van der Waals surface area contributed by atoms with Gasteiger partial charge < -0.3 is 13.6 Å². The van der Waals surface area contributed by atoms with Crippen LogP contribution in [0.15, 0.2) is 16.5 Å². The van der Waals surface area contributed by atoms with Crippen LogP contribution in [0.2, 0.25) is 19.6 Å². The normalized spacial score (nSPS) is 12.9. The molecule has 0 saturated heterocycles. The maximum absolute atomic E-state index is 6.33. The van der Waals surface area contributed by atoms with Crippen molar-refractivity contribution in [1.82, 2.24) is 0 Å². The van der Waals surface area contributed by atoms with Crippen LogP contribution < -0.4 is 4.74 Å². The van der Waals surface area contributed by atoms with E-state index >= 15 is 0 Å². The van der Waals surface area contributed by atoms with Crippen LogP contribution in [0, 0.1) is 13.8 Å². The number of hydrogen-bond acceptors (Lipinski definition) is 3. The van der Waals surface area contributed by atoms with Crippen LogP contribution in [0.3, 0.4) is 0 Å². The molecule has 4 heteroatoms. The Labute approximate surface area is 135 Å². The summed E-state index contributed by atoms with van der Waals surface area (Å²) in [6, 6.07) is 4.14. The number of ether oxygens (including phenoxy) is 1. The summed E-state index contributed by atoms with van der Waals surface area (Å²) in [6.45, 7) is 17.5. The van der Waals surface area contributed by atoms with Crippen molar-refractivity contribution in [3.63, 3.8) is 0 Å². The average Bonchev–Trinajstić information content (AvgIpc) is 2.62. The summed E-state index contributed by atoms with van der Waals surface area (Å²) < 4.78 is 18.4. The molecule has 0 N–H and O–H groups in total. The van der Waals surface area contributed by atoms with E-state index in [9.17, 15) is 0 Å². The molecule has 1 aliphatic heterocycles. The molecule has 1 heterocycles. The SMILES string of the molecule is CCOc1cc(C(C)(C)O[Si](C)(C)C)oc2c(C)cc(C)c1-2. The van der Waals surface area contributed by atoms with E-state index in [0.717, 1.165) is 28.4 Å². The third kappa shape index (κ3) is 3.38. The van der Waals surface area contributed by atoms with Crippen molar-refractivity contribution in [3.05, 3.63) is 29.0 Å². The van der Waals surface area contributed by atoms with Gasteiger partial charge >= 0.3 is 0 Å². The molecular weight excluding hydrogens is 292 g/mol. The first-order valence-electron chi connectivity index (χ1n) is 7.92. The maximum atomic E-state index is 6.33. The number of aryl methyl sites for hydroxylation is 2. The molecule has 0 spiro atoms. The molecule has 0 radical (unpaired) electrons. The van der Waals surface area contributed by atoms with Crippen molar-refractivity contribution in [2.45, 2.75) is 59.9 Å². The summed E-state index contributed by atoms with van der Waals surface area (Å²) >= 11 is 0. The van der Waals surface area contributed by atoms with Crippen LogP contribution >= 0.6 is 0 Å². The lowest BCUT2D eigenvalue weighted by molar-refractivity contribution is 0.0727. The molecule has 0 bridgehead atoms. The Balaban J connectivity index is 2.60. The molecule has 22 heavy (non-hydrogen) atoms. The van der Waals surface area contributed by atoms with Crippen molar-refractivity contribution >= 4 is 8.32 Å². The lowest BCUT2D eigenvalue weighted by Gasteiger charge is -2.32. The summed E-state index contributed by atoms with van der Waals surface area (Å²) in [6.07, 6.45) is 0. The van der Waals surface area contributed by atoms with E-state index in [2.05, 4.69) is 53.4 Å². The third-order valence-corrected chi connectivity index (χ3v) is 4.71. The average molecular weight is 321 g/mol. The van der Waals surface area contributed by atoms with E-state index in [4.69, 9.17) is 13.6 Å². The summed E-state index contributed by atoms with van der Waals surface area (Å²) in [4.78, 5) is 0. The highest BCUT2D eigenvalue weighted by atomic mass is 28.4. The minimum absolute atomic E-state index is 0.470. The fourth-order valence-corrected chi connectivity index (χ4v) is 4.62. The van der Waals surface area contributed by atoms with Gasteiger partial charge in [-0.05, 0) is 65.4 Å². The Morgan fingerprint density at radius 1 is 1.09 bits per heavy atom. The predicted octanol–water partition coefficient (Wildman–Crippen LogP) is 5.49. The van der Waals surface area contributed by atoms with Crippen molar-refractivity contribution in [3.8, 4) is 17.1 Å². The highest BCUT2D eigenvalue weighted by molar-refractivity contribution is 6.69. The molecule has 0 saturated carbocycles. The van der Waals surface area contributed by atoms with Crippen molar-refractivity contribution in [2.75, 3.05) is 6.61 Å². The number of fused-ring (bicyclic) bond motifs is 1. The van der Waals surface area contributed by atoms with Gasteiger partial charge in [-0.1, -0.05) is 6.07 Å². The summed E-state index contributed by atoms with van der Waals surface area (Å²) in [5.74, 6) is 2.61. The molecule has 0 unspecified atom stereocenters. The van der Waals surface area contributed by atoms with E-state index in [-0.39, 0.29) is 0 Å². The molecule has 122 valence electrons. The zero-order valence-corrected chi connectivity index (χ0v) is 16.1. The molecule has 0 amide bonds. The van der Waals surface area contributed by atoms with Crippen LogP contribution in [-0.2, 0) is 10.0 Å². The zero-order chi connectivity index (χ0) is 16.7. The topological polar surface area (TPSA) is 31.6 Å². The second-order valence-electron chi connectivity index (χ2n) is 7.35. The first-order chi connectivity index (χ1) is 10.0. The Morgan fingerprint density at radius 3 is 2.27 bits per heavy atom. The van der Waals surface area contributed by atoms with Crippen LogP contribution in [0.1, 0.15) is 37.7 Å². The van der Waals surface area contributed by atoms with Gasteiger partial charge in [-0.15, -0.1) is 0 Å². The van der Waals surface area contributed by atoms with Crippen molar-refractivity contribution in [2.24, 2.45) is 0 Å². The largest absolute Gasteiger partial charge is 0.493 e. The Kier molecular flexibility index (Phi) is 4.46. The van der Waals surface area contributed by atoms with Gasteiger partial charge in [0.1, 0.15) is 22.9 Å². The van der Waals surface area contributed by atoms with E-state index in [1.54, 1.807) is 0 Å². The molecule has 2 rings (SSSR count). The standard InChI is InChI=1S/C18H28O3Si/c1-9-19-14-11-15(18(4,5)21-22(6,7)8)20-17-13(3)10-12(2)16(14)17/h10-11H,9H2,1-8H3. The van der Waals surface area contributed by atoms with Crippen LogP contribution in [0.25, 0.3) is 11.3 Å². The molecular formula is C18H28O3Si. The minimum Gasteiger partial charge on any atom is -0.493 e. The first-order valence-corrected chi connectivity index (χ1v) is 11.3. The zero-order valence-electron chi connectivity index (χ0n) is 15.1. The molecule has 0 aromatic heterocycles. The Morgan fingerprint density at radius 2 is 1.73 bits per heavy atom. The van der Waals surface area contributed by atoms with Crippen LogP contribution in [0.5, 0.6) is 5.75 Å². The lowest BCUT2D eigenvalue weighted by atomic mass is 10.0. The van der Waals surface area contributed by atoms with Gasteiger partial charge in [0.05, 0.1) is 12.2 Å². The molecule has 0 atom stereocenters. The molecule has 0 fully saturated rings. The van der Waals surface area contributed by atoms with Crippen LogP contribution in [-0.4, -0.2) is 14.9 Å². The third-order valence-electron chi connectivity index (χ3n) is 3.59. The van der Waals surface area contributed by atoms with Crippen LogP contribution in [0.4, 0.5) is 0 Å². The monoisotopic (exact) mass is 320 g/mol. The number of hydrogen-bond donors (Lipinski definition) is 0. The molecule has 0 aromatic rings. The van der Waals surface area contributed by atoms with Gasteiger partial charge in [0.15, 0.2) is 8.32 Å². The minimum atomic E-state index is -1.69. The van der Waals surface area contributed by atoms with Gasteiger partial charge in [0.25, 0.3) is 0 Å². The molecule has 2 aliphatic rings. The highest BCUT2D eigenvalue weighted by Crippen LogP contribution is 2.43. The second kappa shape index (κ2) is 5.74. The lowest BCUT2D eigenvalue weighted by Crippen LogP contribution is -2.36. The molecule has 0 aromatic carbocycles. The van der Waals surface area contributed by atoms with E-state index in [1.807, 2.05) is 13.0 Å². The molecule has 1 aliphatic carbocycles. The van der Waals surface area contributed by atoms with Gasteiger partial charge in [-0.25, -0.2) is 0 Å². The van der Waals surface area contributed by atoms with Gasteiger partial charge in [-0.3, -0.25) is 0 Å². The van der Waals surface area contributed by atoms with E-state index in [1.165, 1.54) is 5.56 Å². The van der Waals surface area contributed by atoms with Gasteiger partial charge in [0.2, 0.25) is 0 Å². The van der Waals surface area contributed by atoms with Crippen molar-refractivity contribution < 1.29 is 13.6 Å². The highest BCUT2D eigenvalue weighted by Gasteiger charge is 2.33. The van der Waals surface area contributed by atoms with E-state index in [0.29, 0.717) is 6.61 Å². The maximum Gasteiger partial charge on any atom is 0.185 e. The smallest absolute Gasteiger partial charge is 0.185 e. The quantitative estimate of drug-likeness (QED) is 0.683. The Hall–Kier alpha value is -1.26.